The monoisotopic (exact) mass is 327 g/mol. The third kappa shape index (κ3) is 4.61. The summed E-state index contributed by atoms with van der Waals surface area (Å²) >= 11 is 1.68. The third-order valence-corrected chi connectivity index (χ3v) is 5.28. The molecule has 2 nitrogen and oxygen atoms in total. The Hall–Kier alpha value is -1.74. The van der Waals surface area contributed by atoms with E-state index in [-0.39, 0.29) is 11.2 Å². The number of para-hydroxylation sites is 1. The minimum atomic E-state index is -0.0890. The lowest BCUT2D eigenvalue weighted by molar-refractivity contribution is -0.115. The van der Waals surface area contributed by atoms with E-state index in [9.17, 15) is 4.79 Å². The second-order valence-electron chi connectivity index (χ2n) is 6.14. The average molecular weight is 327 g/mol. The van der Waals surface area contributed by atoms with E-state index in [0.29, 0.717) is 0 Å². The SMILES string of the molecule is Cc1ccc(C)c(CSC(C)C(=O)Nc2c(C)cccc2C)c1. The fourth-order valence-corrected chi connectivity index (χ4v) is 3.43. The second kappa shape index (κ2) is 7.69. The fraction of sp³-hybridized carbons (Fsp3) is 0.350. The Morgan fingerprint density at radius 2 is 1.70 bits per heavy atom. The van der Waals surface area contributed by atoms with Crippen molar-refractivity contribution in [3.8, 4) is 0 Å². The maximum absolute atomic E-state index is 12.5. The van der Waals surface area contributed by atoms with Gasteiger partial charge < -0.3 is 5.32 Å². The first-order valence-corrected chi connectivity index (χ1v) is 8.98. The number of hydrogen-bond acceptors (Lipinski definition) is 2. The number of nitrogens with one attached hydrogen (secondary N) is 1. The Morgan fingerprint density at radius 1 is 1.04 bits per heavy atom. The molecule has 2 rings (SSSR count). The molecular formula is C20H25NOS. The summed E-state index contributed by atoms with van der Waals surface area (Å²) in [6, 6.07) is 12.5. The first kappa shape index (κ1) is 17.6. The van der Waals surface area contributed by atoms with Gasteiger partial charge in [0.15, 0.2) is 0 Å². The van der Waals surface area contributed by atoms with Gasteiger partial charge in [0.05, 0.1) is 5.25 Å². The van der Waals surface area contributed by atoms with Gasteiger partial charge in [0.2, 0.25) is 5.91 Å². The number of anilines is 1. The van der Waals surface area contributed by atoms with Crippen molar-refractivity contribution in [1.82, 2.24) is 0 Å². The van der Waals surface area contributed by atoms with Gasteiger partial charge in [-0.2, -0.15) is 0 Å². The molecular weight excluding hydrogens is 302 g/mol. The Kier molecular flexibility index (Phi) is 5.89. The molecule has 0 bridgehead atoms. The highest BCUT2D eigenvalue weighted by Crippen LogP contribution is 2.24. The quantitative estimate of drug-likeness (QED) is 0.819. The lowest BCUT2D eigenvalue weighted by Gasteiger charge is -2.16. The van der Waals surface area contributed by atoms with Crippen LogP contribution in [0.1, 0.15) is 34.7 Å². The number of rotatable bonds is 5. The van der Waals surface area contributed by atoms with Crippen LogP contribution in [0.4, 0.5) is 5.69 Å². The van der Waals surface area contributed by atoms with Gasteiger partial charge in [-0.1, -0.05) is 42.0 Å². The molecule has 1 unspecified atom stereocenters. The van der Waals surface area contributed by atoms with Crippen LogP contribution in [-0.2, 0) is 10.5 Å². The molecule has 0 aliphatic rings. The Bertz CT molecular complexity index is 689. The third-order valence-electron chi connectivity index (χ3n) is 4.09. The van der Waals surface area contributed by atoms with E-state index >= 15 is 0 Å². The lowest BCUT2D eigenvalue weighted by Crippen LogP contribution is -2.23. The van der Waals surface area contributed by atoms with Crippen LogP contribution in [0, 0.1) is 27.7 Å². The molecule has 0 heterocycles. The number of thioether (sulfide) groups is 1. The molecule has 1 atom stereocenters. The summed E-state index contributed by atoms with van der Waals surface area (Å²) < 4.78 is 0. The molecule has 0 aliphatic carbocycles. The van der Waals surface area contributed by atoms with E-state index in [2.05, 4.69) is 37.4 Å². The topological polar surface area (TPSA) is 29.1 Å². The highest BCUT2D eigenvalue weighted by Gasteiger charge is 2.16. The zero-order valence-electron chi connectivity index (χ0n) is 14.6. The molecule has 23 heavy (non-hydrogen) atoms. The van der Waals surface area contributed by atoms with Crippen LogP contribution in [0.2, 0.25) is 0 Å². The summed E-state index contributed by atoms with van der Waals surface area (Å²) in [5.74, 6) is 0.923. The summed E-state index contributed by atoms with van der Waals surface area (Å²) in [7, 11) is 0. The molecule has 0 saturated heterocycles. The van der Waals surface area contributed by atoms with Gasteiger partial charge in [0.1, 0.15) is 0 Å². The summed E-state index contributed by atoms with van der Waals surface area (Å²) in [5, 5.41) is 2.99. The van der Waals surface area contributed by atoms with Crippen molar-refractivity contribution in [3.63, 3.8) is 0 Å². The molecule has 0 spiro atoms. The molecule has 1 N–H and O–H groups in total. The Labute approximate surface area is 143 Å². The van der Waals surface area contributed by atoms with Crippen molar-refractivity contribution >= 4 is 23.4 Å². The lowest BCUT2D eigenvalue weighted by atomic mass is 10.1. The van der Waals surface area contributed by atoms with Gasteiger partial charge in [-0.05, 0) is 56.9 Å². The Balaban J connectivity index is 1.99. The van der Waals surface area contributed by atoms with Gasteiger partial charge in [-0.3, -0.25) is 4.79 Å². The summed E-state index contributed by atoms with van der Waals surface area (Å²) in [6.07, 6.45) is 0. The van der Waals surface area contributed by atoms with Crippen molar-refractivity contribution in [2.45, 2.75) is 45.6 Å². The second-order valence-corrected chi connectivity index (χ2v) is 7.47. The number of hydrogen-bond donors (Lipinski definition) is 1. The van der Waals surface area contributed by atoms with E-state index in [1.165, 1.54) is 16.7 Å². The molecule has 0 fully saturated rings. The molecule has 0 radical (unpaired) electrons. The zero-order chi connectivity index (χ0) is 17.0. The maximum Gasteiger partial charge on any atom is 0.237 e. The zero-order valence-corrected chi connectivity index (χ0v) is 15.4. The molecule has 1 amide bonds. The normalized spacial score (nSPS) is 12.0. The van der Waals surface area contributed by atoms with Crippen molar-refractivity contribution in [3.05, 3.63) is 64.2 Å². The van der Waals surface area contributed by atoms with E-state index < -0.39 is 0 Å². The molecule has 2 aromatic carbocycles. The van der Waals surface area contributed by atoms with Crippen molar-refractivity contribution in [1.29, 1.82) is 0 Å². The molecule has 0 aliphatic heterocycles. The summed E-state index contributed by atoms with van der Waals surface area (Å²) in [6.45, 7) is 10.2. The number of amides is 1. The average Bonchev–Trinajstić information content (AvgIpc) is 2.51. The standard InChI is InChI=1S/C20H25NOS/c1-13-9-10-14(2)18(11-13)12-23-17(5)20(22)21-19-15(3)7-6-8-16(19)4/h6-11,17H,12H2,1-5H3,(H,21,22). The van der Waals surface area contributed by atoms with Crippen LogP contribution in [0.5, 0.6) is 0 Å². The van der Waals surface area contributed by atoms with Crippen LogP contribution in [-0.4, -0.2) is 11.2 Å². The fourth-order valence-electron chi connectivity index (χ4n) is 2.48. The smallest absolute Gasteiger partial charge is 0.237 e. The largest absolute Gasteiger partial charge is 0.325 e. The van der Waals surface area contributed by atoms with Crippen LogP contribution in [0.25, 0.3) is 0 Å². The van der Waals surface area contributed by atoms with E-state index in [1.807, 2.05) is 39.0 Å². The van der Waals surface area contributed by atoms with E-state index in [1.54, 1.807) is 11.8 Å². The number of carbonyl (C=O) groups is 1. The highest BCUT2D eigenvalue weighted by molar-refractivity contribution is 7.99. The van der Waals surface area contributed by atoms with Crippen molar-refractivity contribution in [2.75, 3.05) is 5.32 Å². The first-order chi connectivity index (χ1) is 10.9. The van der Waals surface area contributed by atoms with Gasteiger partial charge in [-0.15, -0.1) is 11.8 Å². The predicted octanol–water partition coefficient (Wildman–Crippen LogP) is 5.18. The van der Waals surface area contributed by atoms with E-state index in [0.717, 1.165) is 22.6 Å². The minimum Gasteiger partial charge on any atom is -0.325 e. The van der Waals surface area contributed by atoms with Crippen LogP contribution >= 0.6 is 11.8 Å². The molecule has 3 heteroatoms. The molecule has 0 saturated carbocycles. The van der Waals surface area contributed by atoms with Gasteiger partial charge in [0.25, 0.3) is 0 Å². The summed E-state index contributed by atoms with van der Waals surface area (Å²) in [4.78, 5) is 12.5. The molecule has 122 valence electrons. The number of aryl methyl sites for hydroxylation is 4. The van der Waals surface area contributed by atoms with Crippen LogP contribution < -0.4 is 5.32 Å². The maximum atomic E-state index is 12.5. The number of carbonyl (C=O) groups excluding carboxylic acids is 1. The van der Waals surface area contributed by atoms with Crippen molar-refractivity contribution in [2.24, 2.45) is 0 Å². The van der Waals surface area contributed by atoms with E-state index in [4.69, 9.17) is 0 Å². The van der Waals surface area contributed by atoms with Crippen molar-refractivity contribution < 1.29 is 4.79 Å². The van der Waals surface area contributed by atoms with Crippen LogP contribution in [0.3, 0.4) is 0 Å². The summed E-state index contributed by atoms with van der Waals surface area (Å²) in [5.41, 5.74) is 7.00. The highest BCUT2D eigenvalue weighted by atomic mass is 32.2. The van der Waals surface area contributed by atoms with Gasteiger partial charge in [-0.25, -0.2) is 0 Å². The van der Waals surface area contributed by atoms with Gasteiger partial charge >= 0.3 is 0 Å². The van der Waals surface area contributed by atoms with Crippen LogP contribution in [0.15, 0.2) is 36.4 Å². The minimum absolute atomic E-state index is 0.0673. The Morgan fingerprint density at radius 3 is 2.35 bits per heavy atom. The number of benzene rings is 2. The predicted molar refractivity (Wildman–Crippen MR) is 101 cm³/mol. The molecule has 0 aromatic heterocycles. The first-order valence-electron chi connectivity index (χ1n) is 7.93. The molecule has 2 aromatic rings. The van der Waals surface area contributed by atoms with Gasteiger partial charge in [0, 0.05) is 11.4 Å².